The predicted molar refractivity (Wildman–Crippen MR) is 125 cm³/mol. The summed E-state index contributed by atoms with van der Waals surface area (Å²) >= 11 is 1.12. The molecule has 3 aromatic rings. The number of nitrogens with zero attached hydrogens (tertiary/aromatic N) is 1. The first-order valence-corrected chi connectivity index (χ1v) is 11.1. The molecule has 0 radical (unpaired) electrons. The summed E-state index contributed by atoms with van der Waals surface area (Å²) in [5.41, 5.74) is 6.62. The third kappa shape index (κ3) is 8.19. The largest absolute Gasteiger partial charge is 0.492 e. The molecule has 2 amide bonds. The second-order valence-corrected chi connectivity index (χ2v) is 8.06. The van der Waals surface area contributed by atoms with Crippen molar-refractivity contribution in [3.05, 3.63) is 76.8 Å². The molecule has 1 heterocycles. The molecule has 0 spiro atoms. The standard InChI is InChI=1S/C23H26N4O5S/c24-21(29)17-6-8-19(9-7-17)31-11-10-25-13-18(28)15-32-23-27-14-20(33-23)22(30)26-12-16-4-2-1-3-5-16/h1-9,14,18,25,28H,10-13,15H2,(H2,24,29)(H,26,30). The Balaban J connectivity index is 1.29. The average Bonchev–Trinajstić information content (AvgIpc) is 3.31. The number of hydrogen-bond donors (Lipinski definition) is 4. The molecular formula is C23H26N4O5S. The number of ether oxygens (including phenoxy) is 2. The molecule has 0 saturated carbocycles. The van der Waals surface area contributed by atoms with Crippen LogP contribution in [0, 0.1) is 0 Å². The van der Waals surface area contributed by atoms with Gasteiger partial charge >= 0.3 is 0 Å². The molecule has 9 nitrogen and oxygen atoms in total. The molecule has 0 aliphatic carbocycles. The quantitative estimate of drug-likeness (QED) is 0.279. The number of carbonyl (C=O) groups is 2. The minimum atomic E-state index is -0.751. The van der Waals surface area contributed by atoms with Crippen LogP contribution in [0.1, 0.15) is 25.6 Å². The van der Waals surface area contributed by atoms with Gasteiger partial charge in [-0.05, 0) is 29.8 Å². The van der Waals surface area contributed by atoms with E-state index in [0.29, 0.717) is 47.6 Å². The van der Waals surface area contributed by atoms with Crippen molar-refractivity contribution < 1.29 is 24.2 Å². The molecule has 0 aliphatic heterocycles. The lowest BCUT2D eigenvalue weighted by Gasteiger charge is -2.12. The number of hydrogen-bond acceptors (Lipinski definition) is 8. The third-order valence-electron chi connectivity index (χ3n) is 4.47. The number of primary amides is 1. The maximum Gasteiger partial charge on any atom is 0.273 e. The maximum atomic E-state index is 12.2. The zero-order valence-electron chi connectivity index (χ0n) is 17.9. The zero-order chi connectivity index (χ0) is 23.5. The molecule has 174 valence electrons. The van der Waals surface area contributed by atoms with Crippen molar-refractivity contribution in [1.29, 1.82) is 0 Å². The normalized spacial score (nSPS) is 11.5. The van der Waals surface area contributed by atoms with E-state index in [-0.39, 0.29) is 12.5 Å². The van der Waals surface area contributed by atoms with Crippen LogP contribution in [-0.4, -0.2) is 54.3 Å². The van der Waals surface area contributed by atoms with Crippen molar-refractivity contribution >= 4 is 23.2 Å². The van der Waals surface area contributed by atoms with E-state index in [9.17, 15) is 14.7 Å². The van der Waals surface area contributed by atoms with E-state index in [1.807, 2.05) is 30.3 Å². The van der Waals surface area contributed by atoms with Crippen LogP contribution >= 0.6 is 11.3 Å². The van der Waals surface area contributed by atoms with Gasteiger partial charge in [-0.2, -0.15) is 0 Å². The molecule has 2 aromatic carbocycles. The Morgan fingerprint density at radius 2 is 1.85 bits per heavy atom. The zero-order valence-corrected chi connectivity index (χ0v) is 18.7. The van der Waals surface area contributed by atoms with Crippen molar-refractivity contribution in [3.63, 3.8) is 0 Å². The smallest absolute Gasteiger partial charge is 0.273 e. The number of carbonyl (C=O) groups excluding carboxylic acids is 2. The van der Waals surface area contributed by atoms with Gasteiger partial charge in [-0.25, -0.2) is 4.98 Å². The third-order valence-corrected chi connectivity index (χ3v) is 5.38. The summed E-state index contributed by atoms with van der Waals surface area (Å²) in [5, 5.41) is 16.3. The lowest BCUT2D eigenvalue weighted by molar-refractivity contribution is 0.0953. The van der Waals surface area contributed by atoms with E-state index >= 15 is 0 Å². The minimum absolute atomic E-state index is 0.0427. The summed E-state index contributed by atoms with van der Waals surface area (Å²) in [6, 6.07) is 16.2. The van der Waals surface area contributed by atoms with E-state index < -0.39 is 12.0 Å². The van der Waals surface area contributed by atoms with E-state index in [2.05, 4.69) is 15.6 Å². The van der Waals surface area contributed by atoms with Gasteiger partial charge in [0.2, 0.25) is 5.91 Å². The topological polar surface area (TPSA) is 136 Å². The fourth-order valence-electron chi connectivity index (χ4n) is 2.75. The molecule has 0 saturated heterocycles. The molecular weight excluding hydrogens is 444 g/mol. The Hall–Kier alpha value is -3.47. The number of benzene rings is 2. The monoisotopic (exact) mass is 470 g/mol. The van der Waals surface area contributed by atoms with Gasteiger partial charge in [0.05, 0.1) is 6.20 Å². The summed E-state index contributed by atoms with van der Waals surface area (Å²) in [6.45, 7) is 1.68. The number of amides is 2. The highest BCUT2D eigenvalue weighted by Gasteiger charge is 2.13. The maximum absolute atomic E-state index is 12.2. The molecule has 0 fully saturated rings. The van der Waals surface area contributed by atoms with Crippen LogP contribution in [-0.2, 0) is 6.54 Å². The first-order chi connectivity index (χ1) is 16.0. The molecule has 1 atom stereocenters. The average molecular weight is 471 g/mol. The number of rotatable bonds is 13. The summed E-state index contributed by atoms with van der Waals surface area (Å²) in [4.78, 5) is 27.8. The molecule has 1 aromatic heterocycles. The number of nitrogens with two attached hydrogens (primary N) is 1. The van der Waals surface area contributed by atoms with Crippen LogP contribution in [0.5, 0.6) is 10.9 Å². The van der Waals surface area contributed by atoms with Crippen LogP contribution in [0.2, 0.25) is 0 Å². The second-order valence-electron chi connectivity index (χ2n) is 7.06. The van der Waals surface area contributed by atoms with Gasteiger partial charge in [0.25, 0.3) is 11.1 Å². The number of aromatic nitrogens is 1. The van der Waals surface area contributed by atoms with E-state index in [1.165, 1.54) is 6.20 Å². The van der Waals surface area contributed by atoms with E-state index in [1.54, 1.807) is 24.3 Å². The highest BCUT2D eigenvalue weighted by atomic mass is 32.1. The lowest BCUT2D eigenvalue weighted by Crippen LogP contribution is -2.33. The summed E-state index contributed by atoms with van der Waals surface area (Å²) < 4.78 is 11.0. The summed E-state index contributed by atoms with van der Waals surface area (Å²) in [6.07, 6.45) is 0.706. The highest BCUT2D eigenvalue weighted by Crippen LogP contribution is 2.20. The van der Waals surface area contributed by atoms with Gasteiger partial charge in [-0.1, -0.05) is 41.7 Å². The van der Waals surface area contributed by atoms with Gasteiger partial charge in [0, 0.05) is 25.2 Å². The van der Waals surface area contributed by atoms with Crippen LogP contribution in [0.15, 0.2) is 60.8 Å². The van der Waals surface area contributed by atoms with Crippen LogP contribution in [0.4, 0.5) is 0 Å². The van der Waals surface area contributed by atoms with Gasteiger partial charge < -0.3 is 30.9 Å². The molecule has 0 aliphatic rings. The fourth-order valence-corrected chi connectivity index (χ4v) is 3.44. The molecule has 33 heavy (non-hydrogen) atoms. The number of aliphatic hydroxyl groups is 1. The Morgan fingerprint density at radius 1 is 1.09 bits per heavy atom. The van der Waals surface area contributed by atoms with Crippen LogP contribution < -0.4 is 25.8 Å². The van der Waals surface area contributed by atoms with Crippen molar-refractivity contribution in [3.8, 4) is 10.9 Å². The fraction of sp³-hybridized carbons (Fsp3) is 0.261. The van der Waals surface area contributed by atoms with Gasteiger partial charge in [-0.15, -0.1) is 0 Å². The van der Waals surface area contributed by atoms with Crippen molar-refractivity contribution in [2.45, 2.75) is 12.6 Å². The summed E-state index contributed by atoms with van der Waals surface area (Å²) in [5.74, 6) is -0.0875. The Labute approximate surface area is 195 Å². The van der Waals surface area contributed by atoms with Crippen molar-refractivity contribution in [1.82, 2.24) is 15.6 Å². The number of thiazole rings is 1. The van der Waals surface area contributed by atoms with E-state index in [0.717, 1.165) is 16.9 Å². The lowest BCUT2D eigenvalue weighted by atomic mass is 10.2. The molecule has 10 heteroatoms. The van der Waals surface area contributed by atoms with Crippen LogP contribution in [0.25, 0.3) is 0 Å². The molecule has 0 bridgehead atoms. The van der Waals surface area contributed by atoms with E-state index in [4.69, 9.17) is 15.2 Å². The number of nitrogens with one attached hydrogen (secondary N) is 2. The molecule has 5 N–H and O–H groups in total. The number of aliphatic hydroxyl groups excluding tert-OH is 1. The highest BCUT2D eigenvalue weighted by molar-refractivity contribution is 7.15. The SMILES string of the molecule is NC(=O)c1ccc(OCCNCC(O)COc2ncc(C(=O)NCc3ccccc3)s2)cc1. The molecule has 3 rings (SSSR count). The first-order valence-electron chi connectivity index (χ1n) is 10.3. The second kappa shape index (κ2) is 12.5. The Morgan fingerprint density at radius 3 is 2.58 bits per heavy atom. The Kier molecular flexibility index (Phi) is 9.19. The minimum Gasteiger partial charge on any atom is -0.492 e. The van der Waals surface area contributed by atoms with Crippen LogP contribution in [0.3, 0.4) is 0 Å². The van der Waals surface area contributed by atoms with Crippen molar-refractivity contribution in [2.75, 3.05) is 26.3 Å². The van der Waals surface area contributed by atoms with Gasteiger partial charge in [0.1, 0.15) is 29.9 Å². The predicted octanol–water partition coefficient (Wildman–Crippen LogP) is 1.58. The van der Waals surface area contributed by atoms with Gasteiger partial charge in [-0.3, -0.25) is 9.59 Å². The van der Waals surface area contributed by atoms with Crippen molar-refractivity contribution in [2.24, 2.45) is 5.73 Å². The van der Waals surface area contributed by atoms with Gasteiger partial charge in [0.15, 0.2) is 0 Å². The summed E-state index contributed by atoms with van der Waals surface area (Å²) in [7, 11) is 0. The molecule has 1 unspecified atom stereocenters. The Bertz CT molecular complexity index is 1030. The first kappa shape index (κ1) is 24.2.